The highest BCUT2D eigenvalue weighted by molar-refractivity contribution is 7.89. The van der Waals surface area contributed by atoms with Gasteiger partial charge in [0.2, 0.25) is 15.9 Å². The molecule has 1 aromatic heterocycles. The van der Waals surface area contributed by atoms with Crippen LogP contribution < -0.4 is 0 Å². The Labute approximate surface area is 215 Å². The van der Waals surface area contributed by atoms with Crippen molar-refractivity contribution >= 4 is 50.5 Å². The lowest BCUT2D eigenvalue weighted by molar-refractivity contribution is -0.133. The molecule has 4 rings (SSSR count). The quantitative estimate of drug-likeness (QED) is 0.379. The maximum atomic E-state index is 13.7. The molecule has 2 heterocycles. The molecule has 180 valence electrons. The van der Waals surface area contributed by atoms with Gasteiger partial charge in [0, 0.05) is 28.0 Å². The molecule has 0 fully saturated rings. The fraction of sp³-hybridized carbons (Fsp3) is 0.320. The van der Waals surface area contributed by atoms with Gasteiger partial charge in [-0.2, -0.15) is 4.31 Å². The Hall–Kier alpha value is -1.90. The first-order valence-electron chi connectivity index (χ1n) is 11.0. The van der Waals surface area contributed by atoms with Gasteiger partial charge in [-0.05, 0) is 59.2 Å². The fourth-order valence-corrected chi connectivity index (χ4v) is 7.27. The number of halogens is 2. The number of nitrogens with zero attached hydrogens (tertiary/aromatic N) is 2. The van der Waals surface area contributed by atoms with Gasteiger partial charge in [-0.15, -0.1) is 11.3 Å². The van der Waals surface area contributed by atoms with Crippen LogP contribution in [0.3, 0.4) is 0 Å². The molecule has 0 bridgehead atoms. The molecule has 0 N–H and O–H groups in total. The van der Waals surface area contributed by atoms with Crippen molar-refractivity contribution in [1.82, 2.24) is 9.21 Å². The molecule has 34 heavy (non-hydrogen) atoms. The van der Waals surface area contributed by atoms with Crippen LogP contribution in [0.1, 0.15) is 35.9 Å². The predicted octanol–water partition coefficient (Wildman–Crippen LogP) is 5.88. The standard InChI is InChI=1S/C25H26Cl2N2O3S2/c1-17(2)15-28(34(31,32)19-6-4-3-5-7-19)16-24(30)29-12-10-23-21(11-13-33-23)25(29)20-9-8-18(26)14-22(20)27/h3-9,11,13-14,17,25H,10,12,15-16H2,1-2H3. The summed E-state index contributed by atoms with van der Waals surface area (Å²) in [6.45, 7) is 4.36. The fourth-order valence-electron chi connectivity index (χ4n) is 4.28. The smallest absolute Gasteiger partial charge is 0.243 e. The van der Waals surface area contributed by atoms with Crippen molar-refractivity contribution in [2.24, 2.45) is 5.92 Å². The summed E-state index contributed by atoms with van der Waals surface area (Å²) >= 11 is 14.3. The van der Waals surface area contributed by atoms with E-state index >= 15 is 0 Å². The van der Waals surface area contributed by atoms with Crippen LogP contribution in [-0.2, 0) is 21.2 Å². The summed E-state index contributed by atoms with van der Waals surface area (Å²) < 4.78 is 28.1. The highest BCUT2D eigenvalue weighted by Gasteiger charge is 2.36. The van der Waals surface area contributed by atoms with E-state index in [1.807, 2.05) is 31.4 Å². The molecule has 3 aromatic rings. The highest BCUT2D eigenvalue weighted by atomic mass is 35.5. The second-order valence-corrected chi connectivity index (χ2v) is 12.5. The number of rotatable bonds is 7. The molecular weight excluding hydrogens is 511 g/mol. The topological polar surface area (TPSA) is 57.7 Å². The number of hydrogen-bond acceptors (Lipinski definition) is 4. The number of benzene rings is 2. The summed E-state index contributed by atoms with van der Waals surface area (Å²) in [7, 11) is -3.83. The molecule has 0 spiro atoms. The zero-order valence-electron chi connectivity index (χ0n) is 18.9. The maximum Gasteiger partial charge on any atom is 0.243 e. The Kier molecular flexibility index (Phi) is 7.69. The Balaban J connectivity index is 1.69. The zero-order chi connectivity index (χ0) is 24.5. The lowest BCUT2D eigenvalue weighted by atomic mass is 9.93. The van der Waals surface area contributed by atoms with E-state index in [2.05, 4.69) is 0 Å². The minimum atomic E-state index is -3.83. The van der Waals surface area contributed by atoms with Crippen molar-refractivity contribution in [2.45, 2.75) is 31.2 Å². The highest BCUT2D eigenvalue weighted by Crippen LogP contribution is 2.41. The van der Waals surface area contributed by atoms with E-state index in [0.29, 0.717) is 16.6 Å². The van der Waals surface area contributed by atoms with Crippen molar-refractivity contribution in [1.29, 1.82) is 0 Å². The molecule has 0 radical (unpaired) electrons. The second kappa shape index (κ2) is 10.4. The Morgan fingerprint density at radius 1 is 1.12 bits per heavy atom. The molecule has 5 nitrogen and oxygen atoms in total. The van der Waals surface area contributed by atoms with Gasteiger partial charge < -0.3 is 4.90 Å². The van der Waals surface area contributed by atoms with Crippen LogP contribution in [0.25, 0.3) is 0 Å². The number of sulfonamides is 1. The molecule has 1 aliphatic rings. The predicted molar refractivity (Wildman–Crippen MR) is 138 cm³/mol. The molecule has 1 atom stereocenters. The minimum absolute atomic E-state index is 0.0534. The number of carbonyl (C=O) groups is 1. The summed E-state index contributed by atoms with van der Waals surface area (Å²) in [4.78, 5) is 16.8. The largest absolute Gasteiger partial charge is 0.330 e. The van der Waals surface area contributed by atoms with Crippen molar-refractivity contribution in [3.8, 4) is 0 Å². The number of amides is 1. The summed E-state index contributed by atoms with van der Waals surface area (Å²) in [5, 5.41) is 3.01. The van der Waals surface area contributed by atoms with E-state index in [-0.39, 0.29) is 29.8 Å². The molecule has 9 heteroatoms. The summed E-state index contributed by atoms with van der Waals surface area (Å²) in [6.07, 6.45) is 0.718. The second-order valence-electron chi connectivity index (χ2n) is 8.71. The Bertz CT molecular complexity index is 1280. The zero-order valence-corrected chi connectivity index (χ0v) is 22.1. The van der Waals surface area contributed by atoms with Crippen molar-refractivity contribution in [2.75, 3.05) is 19.6 Å². The van der Waals surface area contributed by atoms with E-state index in [1.165, 1.54) is 9.18 Å². The molecule has 0 saturated carbocycles. The van der Waals surface area contributed by atoms with Crippen LogP contribution in [0.15, 0.2) is 64.9 Å². The summed E-state index contributed by atoms with van der Waals surface area (Å²) in [5.74, 6) is -0.203. The van der Waals surface area contributed by atoms with E-state index in [1.54, 1.807) is 58.7 Å². The van der Waals surface area contributed by atoms with Crippen LogP contribution in [0.2, 0.25) is 10.0 Å². The van der Waals surface area contributed by atoms with Gasteiger partial charge in [-0.3, -0.25) is 4.79 Å². The van der Waals surface area contributed by atoms with E-state index in [0.717, 1.165) is 17.5 Å². The average molecular weight is 538 g/mol. The van der Waals surface area contributed by atoms with Crippen molar-refractivity contribution in [3.63, 3.8) is 0 Å². The lowest BCUT2D eigenvalue weighted by Crippen LogP contribution is -2.47. The monoisotopic (exact) mass is 536 g/mol. The van der Waals surface area contributed by atoms with Gasteiger partial charge in [-0.25, -0.2) is 8.42 Å². The molecule has 1 aliphatic heterocycles. The average Bonchev–Trinajstić information content (AvgIpc) is 3.27. The van der Waals surface area contributed by atoms with Gasteiger partial charge in [0.05, 0.1) is 17.5 Å². The Morgan fingerprint density at radius 3 is 2.53 bits per heavy atom. The van der Waals surface area contributed by atoms with E-state index in [9.17, 15) is 13.2 Å². The van der Waals surface area contributed by atoms with E-state index < -0.39 is 16.1 Å². The maximum absolute atomic E-state index is 13.7. The number of hydrogen-bond donors (Lipinski definition) is 0. The number of carbonyl (C=O) groups excluding carboxylic acids is 1. The van der Waals surface area contributed by atoms with Gasteiger partial charge >= 0.3 is 0 Å². The molecule has 0 saturated heterocycles. The Morgan fingerprint density at radius 2 is 1.85 bits per heavy atom. The molecule has 1 unspecified atom stereocenters. The van der Waals surface area contributed by atoms with Crippen LogP contribution in [-0.4, -0.2) is 43.2 Å². The van der Waals surface area contributed by atoms with Crippen LogP contribution in [0.4, 0.5) is 0 Å². The van der Waals surface area contributed by atoms with Crippen molar-refractivity contribution < 1.29 is 13.2 Å². The SMILES string of the molecule is CC(C)CN(CC(=O)N1CCc2sccc2C1c1ccc(Cl)cc1Cl)S(=O)(=O)c1ccccc1. The van der Waals surface area contributed by atoms with Gasteiger partial charge in [0.1, 0.15) is 0 Å². The first-order valence-corrected chi connectivity index (χ1v) is 14.1. The molecule has 1 amide bonds. The number of thiophene rings is 1. The van der Waals surface area contributed by atoms with Gasteiger partial charge in [0.25, 0.3) is 0 Å². The van der Waals surface area contributed by atoms with Crippen molar-refractivity contribution in [3.05, 3.63) is 86.0 Å². The molecule has 2 aromatic carbocycles. The third-order valence-corrected chi connectivity index (χ3v) is 9.19. The van der Waals surface area contributed by atoms with Crippen LogP contribution in [0.5, 0.6) is 0 Å². The summed E-state index contributed by atoms with van der Waals surface area (Å²) in [5.41, 5.74) is 1.80. The van der Waals surface area contributed by atoms with E-state index in [4.69, 9.17) is 23.2 Å². The lowest BCUT2D eigenvalue weighted by Gasteiger charge is -2.38. The summed E-state index contributed by atoms with van der Waals surface area (Å²) in [6, 6.07) is 15.1. The van der Waals surface area contributed by atoms with Gasteiger partial charge in [0.15, 0.2) is 0 Å². The third-order valence-electron chi connectivity index (χ3n) is 5.80. The third kappa shape index (κ3) is 5.19. The van der Waals surface area contributed by atoms with Gasteiger partial charge in [-0.1, -0.05) is 61.3 Å². The number of fused-ring (bicyclic) bond motifs is 1. The molecular formula is C25H26Cl2N2O3S2. The normalized spacial score (nSPS) is 16.2. The molecule has 0 aliphatic carbocycles. The first kappa shape index (κ1) is 25.2. The van der Waals surface area contributed by atoms with Crippen LogP contribution in [0, 0.1) is 5.92 Å². The first-order chi connectivity index (χ1) is 16.2. The minimum Gasteiger partial charge on any atom is -0.330 e. The van der Waals surface area contributed by atoms with Crippen LogP contribution >= 0.6 is 34.5 Å².